The smallest absolute Gasteiger partial charge is 0.258 e. The molecule has 0 spiro atoms. The Morgan fingerprint density at radius 3 is 2.06 bits per heavy atom. The summed E-state index contributed by atoms with van der Waals surface area (Å²) in [5.41, 5.74) is 1.17. The molecule has 1 saturated heterocycles. The number of rotatable bonds is 17. The van der Waals surface area contributed by atoms with E-state index in [1.165, 1.54) is 17.7 Å². The molecule has 262 valence electrons. The summed E-state index contributed by atoms with van der Waals surface area (Å²) < 4.78 is 13.5. The molecule has 1 fully saturated rings. The molecule has 1 aliphatic rings. The van der Waals surface area contributed by atoms with Crippen molar-refractivity contribution in [2.45, 2.75) is 134 Å². The molecule has 1 aliphatic heterocycles. The lowest BCUT2D eigenvalue weighted by molar-refractivity contribution is -0.173. The second-order valence-corrected chi connectivity index (χ2v) is 24.6. The third kappa shape index (κ3) is 9.99. The highest BCUT2D eigenvalue weighted by Gasteiger charge is 2.49. The number of hydrogen-bond acceptors (Lipinski definition) is 5. The first-order chi connectivity index (χ1) is 21.9. The minimum Gasteiger partial charge on any atom is -0.424 e. The average Bonchev–Trinajstić information content (AvgIpc) is 3.39. The predicted octanol–water partition coefficient (Wildman–Crippen LogP) is 8.01. The summed E-state index contributed by atoms with van der Waals surface area (Å²) in [6, 6.07) is 20.6. The van der Waals surface area contributed by atoms with Gasteiger partial charge in [-0.1, -0.05) is 122 Å². The summed E-state index contributed by atoms with van der Waals surface area (Å²) in [5.74, 6) is -0.237. The molecular formula is C39H63NO5Si2. The van der Waals surface area contributed by atoms with Gasteiger partial charge in [-0.05, 0) is 77.6 Å². The van der Waals surface area contributed by atoms with E-state index < -0.39 is 16.6 Å². The van der Waals surface area contributed by atoms with E-state index in [9.17, 15) is 9.59 Å². The van der Waals surface area contributed by atoms with Gasteiger partial charge in [0.05, 0.1) is 19.3 Å². The number of nitrogens with zero attached hydrogens (tertiary/aromatic N) is 1. The second kappa shape index (κ2) is 16.6. The minimum atomic E-state index is -3.00. The Bertz CT molecular complexity index is 1240. The highest BCUT2D eigenvalue weighted by Crippen LogP contribution is 2.42. The Kier molecular flexibility index (Phi) is 13.9. The third-order valence-electron chi connectivity index (χ3n) is 10.9. The molecule has 8 heteroatoms. The van der Waals surface area contributed by atoms with Crippen molar-refractivity contribution >= 4 is 32.9 Å². The highest BCUT2D eigenvalue weighted by atomic mass is 28.4. The predicted molar refractivity (Wildman–Crippen MR) is 200 cm³/mol. The number of carbonyl (C=O) groups is 1. The molecule has 0 aromatic heterocycles. The highest BCUT2D eigenvalue weighted by molar-refractivity contribution is 6.98. The van der Waals surface area contributed by atoms with E-state index in [1.807, 2.05) is 43.3 Å². The summed E-state index contributed by atoms with van der Waals surface area (Å²) in [5, 5.41) is 3.28. The lowest BCUT2D eigenvalue weighted by atomic mass is 9.96. The summed E-state index contributed by atoms with van der Waals surface area (Å²) >= 11 is 0. The van der Waals surface area contributed by atoms with Crippen molar-refractivity contribution in [2.24, 2.45) is 5.92 Å². The van der Waals surface area contributed by atoms with Gasteiger partial charge in [0.25, 0.3) is 8.32 Å². The van der Waals surface area contributed by atoms with Crippen molar-refractivity contribution < 1.29 is 23.6 Å². The first kappa shape index (κ1) is 39.4. The maximum absolute atomic E-state index is 12.8. The van der Waals surface area contributed by atoms with Crippen molar-refractivity contribution in [3.05, 3.63) is 72.8 Å². The molecule has 1 N–H and O–H groups in total. The molecule has 4 atom stereocenters. The zero-order valence-electron chi connectivity index (χ0n) is 31.0. The fourth-order valence-electron chi connectivity index (χ4n) is 6.72. The van der Waals surface area contributed by atoms with Crippen LogP contribution in [0.15, 0.2) is 72.8 Å². The number of hydrogen-bond donors (Lipinski definition) is 1. The Morgan fingerprint density at radius 2 is 1.55 bits per heavy atom. The molecule has 3 rings (SSSR count). The van der Waals surface area contributed by atoms with Crippen molar-refractivity contribution in [3.8, 4) is 0 Å². The molecule has 2 aromatic carbocycles. The summed E-state index contributed by atoms with van der Waals surface area (Å²) in [6.45, 7) is 22.2. The molecule has 0 bridgehead atoms. The molecule has 1 amide bonds. The van der Waals surface area contributed by atoms with Gasteiger partial charge in [-0.25, -0.2) is 5.06 Å². The monoisotopic (exact) mass is 681 g/mol. The summed E-state index contributed by atoms with van der Waals surface area (Å²) in [7, 11) is -1.86. The molecular weight excluding hydrogens is 619 g/mol. The Hall–Kier alpha value is -2.08. The van der Waals surface area contributed by atoms with E-state index in [2.05, 4.69) is 78.6 Å². The average molecular weight is 682 g/mol. The molecule has 0 radical (unpaired) electrons. The van der Waals surface area contributed by atoms with Gasteiger partial charge in [-0.2, -0.15) is 0 Å². The first-order valence-electron chi connectivity index (χ1n) is 17.6. The first-order valence-corrected chi connectivity index (χ1v) is 22.4. The number of hydroxylamine groups is 2. The van der Waals surface area contributed by atoms with Crippen molar-refractivity contribution in [1.82, 2.24) is 5.06 Å². The summed E-state index contributed by atoms with van der Waals surface area (Å²) in [6.07, 6.45) is 7.38. The van der Waals surface area contributed by atoms with Gasteiger partial charge in [0.1, 0.15) is 0 Å². The fraction of sp³-hybridized carbons (Fsp3) is 0.615. The van der Waals surface area contributed by atoms with E-state index >= 15 is 0 Å². The van der Waals surface area contributed by atoms with E-state index in [0.717, 1.165) is 55.3 Å². The fourth-order valence-corrected chi connectivity index (χ4v) is 11.9. The topological polar surface area (TPSA) is 68.2 Å². The Balaban J connectivity index is 1.58. The standard InChI is InChI=1S/C39H63NO5Si2/c1-30-28-32(20-18-19-27-39(6,7)47(42,34-21-14-12-15-22-34)35-23-16-13-17-24-35)44-36(30)26-25-33(45-46(10,11)38(3,4)5)29-31(2)37(41)40(8)43-9/h12-17,21-24,31-33,36,42H,1,18-20,25-29H2,2-11H3/t31?,32-,33+,36-/m0/s1. The van der Waals surface area contributed by atoms with Crippen LogP contribution in [0.3, 0.4) is 0 Å². The second-order valence-electron chi connectivity index (χ2n) is 15.9. The van der Waals surface area contributed by atoms with Gasteiger partial charge < -0.3 is 14.0 Å². The van der Waals surface area contributed by atoms with Crippen LogP contribution >= 0.6 is 0 Å². The van der Waals surface area contributed by atoms with E-state index in [-0.39, 0.29) is 40.2 Å². The van der Waals surface area contributed by atoms with E-state index in [0.29, 0.717) is 6.42 Å². The lowest BCUT2D eigenvalue weighted by Gasteiger charge is -2.41. The molecule has 1 heterocycles. The van der Waals surface area contributed by atoms with Crippen LogP contribution in [0, 0.1) is 5.92 Å². The molecule has 2 aromatic rings. The van der Waals surface area contributed by atoms with Crippen molar-refractivity contribution in [2.75, 3.05) is 14.2 Å². The molecule has 0 saturated carbocycles. The minimum absolute atomic E-state index is 0.0169. The lowest BCUT2D eigenvalue weighted by Crippen LogP contribution is -2.65. The molecule has 1 unspecified atom stereocenters. The third-order valence-corrected chi connectivity index (χ3v) is 20.0. The number of benzene rings is 2. The van der Waals surface area contributed by atoms with Crippen LogP contribution in [-0.4, -0.2) is 64.9 Å². The number of ether oxygens (including phenoxy) is 1. The van der Waals surface area contributed by atoms with Crippen molar-refractivity contribution in [1.29, 1.82) is 0 Å². The number of unbranched alkanes of at least 4 members (excludes halogenated alkanes) is 1. The maximum Gasteiger partial charge on any atom is 0.258 e. The van der Waals surface area contributed by atoms with Crippen LogP contribution in [-0.2, 0) is 18.8 Å². The zero-order valence-corrected chi connectivity index (χ0v) is 33.0. The van der Waals surface area contributed by atoms with Crippen molar-refractivity contribution in [3.63, 3.8) is 0 Å². The summed E-state index contributed by atoms with van der Waals surface area (Å²) in [4.78, 5) is 30.5. The van der Waals surface area contributed by atoms with E-state index in [1.54, 1.807) is 7.05 Å². The Morgan fingerprint density at radius 1 is 1.00 bits per heavy atom. The molecule has 47 heavy (non-hydrogen) atoms. The Labute approximate surface area is 288 Å². The van der Waals surface area contributed by atoms with Gasteiger partial charge in [-0.15, -0.1) is 0 Å². The van der Waals surface area contributed by atoms with Crippen LogP contribution < -0.4 is 10.4 Å². The van der Waals surface area contributed by atoms with Crippen LogP contribution in [0.4, 0.5) is 0 Å². The van der Waals surface area contributed by atoms with Gasteiger partial charge >= 0.3 is 0 Å². The van der Waals surface area contributed by atoms with E-state index in [4.69, 9.17) is 14.0 Å². The zero-order chi connectivity index (χ0) is 35.0. The normalized spacial score (nSPS) is 19.1. The van der Waals surface area contributed by atoms with Crippen LogP contribution in [0.5, 0.6) is 0 Å². The number of carbonyl (C=O) groups excluding carboxylic acids is 1. The quantitative estimate of drug-likeness (QED) is 0.0793. The largest absolute Gasteiger partial charge is 0.424 e. The van der Waals surface area contributed by atoms with Gasteiger partial charge in [0, 0.05) is 19.1 Å². The molecule has 0 aliphatic carbocycles. The SMILES string of the molecule is C=C1C[C@H](CCCCC(C)(C)[Si](O)(c2ccccc2)c2ccccc2)O[C@H]1CC[C@H](CC(C)C(=O)N(C)OC)O[Si](C)(C)C(C)(C)C. The van der Waals surface area contributed by atoms with Crippen LogP contribution in [0.25, 0.3) is 0 Å². The van der Waals surface area contributed by atoms with Gasteiger partial charge in [-0.3, -0.25) is 9.63 Å². The van der Waals surface area contributed by atoms with Crippen LogP contribution in [0.1, 0.15) is 92.9 Å². The number of amides is 1. The van der Waals surface area contributed by atoms with Gasteiger partial charge in [0.2, 0.25) is 5.91 Å². The van der Waals surface area contributed by atoms with Crippen LogP contribution in [0.2, 0.25) is 23.2 Å². The molecule has 6 nitrogen and oxygen atoms in total. The maximum atomic E-state index is 12.8. The van der Waals surface area contributed by atoms with Gasteiger partial charge in [0.15, 0.2) is 8.32 Å².